The molecular weight excluding hydrogens is 460 g/mol. The molecule has 0 rings (SSSR count). The third-order valence-corrected chi connectivity index (χ3v) is 3.86. The molecule has 0 aromatic carbocycles. The Morgan fingerprint density at radius 3 is 1.40 bits per heavy atom. The highest BCUT2D eigenvalue weighted by molar-refractivity contribution is 5.76. The number of alkyl carbamates (subject to hydrolysis) is 2. The van der Waals surface area contributed by atoms with E-state index >= 15 is 0 Å². The number of carboxylic acids is 1. The maximum atomic E-state index is 12.5. The van der Waals surface area contributed by atoms with Gasteiger partial charge in [0, 0.05) is 39.3 Å². The normalized spacial score (nSPS) is 12.1. The highest BCUT2D eigenvalue weighted by Crippen LogP contribution is 2.10. The molecule has 35 heavy (non-hydrogen) atoms. The van der Waals surface area contributed by atoms with Crippen LogP contribution >= 0.6 is 0 Å². The number of rotatable bonds is 11. The molecule has 0 atom stereocenters. The lowest BCUT2D eigenvalue weighted by molar-refractivity contribution is -0.138. The molecule has 12 heteroatoms. The van der Waals surface area contributed by atoms with Crippen LogP contribution in [0.1, 0.15) is 62.3 Å². The van der Waals surface area contributed by atoms with Gasteiger partial charge in [-0.1, -0.05) is 0 Å². The van der Waals surface area contributed by atoms with Crippen molar-refractivity contribution >= 4 is 24.2 Å². The molecule has 0 saturated carbocycles. The summed E-state index contributed by atoms with van der Waals surface area (Å²) in [7, 11) is 0. The van der Waals surface area contributed by atoms with E-state index in [0.29, 0.717) is 13.1 Å². The number of nitrogens with one attached hydrogen (secondary N) is 2. The minimum Gasteiger partial charge on any atom is -0.480 e. The van der Waals surface area contributed by atoms with Gasteiger partial charge in [0.1, 0.15) is 23.3 Å². The molecule has 12 nitrogen and oxygen atoms in total. The van der Waals surface area contributed by atoms with Crippen LogP contribution in [-0.2, 0) is 19.0 Å². The second-order valence-electron chi connectivity index (χ2n) is 11.0. The Labute approximate surface area is 208 Å². The van der Waals surface area contributed by atoms with Gasteiger partial charge in [0.2, 0.25) is 0 Å². The van der Waals surface area contributed by atoms with Gasteiger partial charge in [-0.2, -0.15) is 0 Å². The van der Waals surface area contributed by atoms with Crippen LogP contribution in [0.5, 0.6) is 0 Å². The van der Waals surface area contributed by atoms with Gasteiger partial charge in [-0.15, -0.1) is 0 Å². The molecule has 3 amide bonds. The Kier molecular flexibility index (Phi) is 12.9. The SMILES string of the molecule is CC(C)(C)OC(=O)NCCN(CCNC(=O)OC(C)(C)C)CCN(CC(=O)O)C(=O)OC(C)(C)C. The van der Waals surface area contributed by atoms with Crippen LogP contribution in [0.2, 0.25) is 0 Å². The number of carboxylic acid groups (broad SMARTS) is 1. The highest BCUT2D eigenvalue weighted by Gasteiger charge is 2.24. The van der Waals surface area contributed by atoms with Gasteiger partial charge in [0.25, 0.3) is 0 Å². The van der Waals surface area contributed by atoms with Crippen molar-refractivity contribution in [1.29, 1.82) is 0 Å². The fourth-order valence-electron chi connectivity index (χ4n) is 2.58. The maximum absolute atomic E-state index is 12.5. The molecule has 0 heterocycles. The maximum Gasteiger partial charge on any atom is 0.410 e. The first-order valence-electron chi connectivity index (χ1n) is 11.6. The minimum atomic E-state index is -1.17. The van der Waals surface area contributed by atoms with Crippen molar-refractivity contribution < 1.29 is 38.5 Å². The quantitative estimate of drug-likeness (QED) is 0.361. The van der Waals surface area contributed by atoms with Crippen LogP contribution in [0, 0.1) is 0 Å². The molecule has 0 spiro atoms. The number of carbonyl (C=O) groups excluding carboxylic acids is 3. The summed E-state index contributed by atoms with van der Waals surface area (Å²) in [5.41, 5.74) is -2.04. The molecule has 0 bridgehead atoms. The summed E-state index contributed by atoms with van der Waals surface area (Å²) in [6, 6.07) is 0. The van der Waals surface area contributed by atoms with E-state index in [4.69, 9.17) is 14.2 Å². The van der Waals surface area contributed by atoms with E-state index in [1.54, 1.807) is 62.3 Å². The molecule has 0 aliphatic carbocycles. The fraction of sp³-hybridized carbons (Fsp3) is 0.826. The summed E-state index contributed by atoms with van der Waals surface area (Å²) < 4.78 is 15.8. The predicted molar refractivity (Wildman–Crippen MR) is 130 cm³/mol. The highest BCUT2D eigenvalue weighted by atomic mass is 16.6. The van der Waals surface area contributed by atoms with Crippen molar-refractivity contribution in [3.05, 3.63) is 0 Å². The molecule has 0 saturated heterocycles. The largest absolute Gasteiger partial charge is 0.480 e. The summed E-state index contributed by atoms with van der Waals surface area (Å²) in [6.45, 7) is 16.7. The van der Waals surface area contributed by atoms with Crippen molar-refractivity contribution in [3.63, 3.8) is 0 Å². The number of nitrogens with zero attached hydrogens (tertiary/aromatic N) is 2. The zero-order chi connectivity index (χ0) is 27.4. The van der Waals surface area contributed by atoms with E-state index in [-0.39, 0.29) is 26.2 Å². The molecule has 0 unspecified atom stereocenters. The van der Waals surface area contributed by atoms with Crippen LogP contribution in [0.25, 0.3) is 0 Å². The Morgan fingerprint density at radius 1 is 0.657 bits per heavy atom. The number of ether oxygens (including phenoxy) is 3. The van der Waals surface area contributed by atoms with Crippen LogP contribution in [0.3, 0.4) is 0 Å². The number of carbonyl (C=O) groups is 4. The van der Waals surface area contributed by atoms with Crippen LogP contribution in [0.15, 0.2) is 0 Å². The average Bonchev–Trinajstić information content (AvgIpc) is 2.59. The molecule has 3 N–H and O–H groups in total. The molecule has 204 valence electrons. The van der Waals surface area contributed by atoms with Crippen molar-refractivity contribution in [2.24, 2.45) is 0 Å². The summed E-state index contributed by atoms with van der Waals surface area (Å²) >= 11 is 0. The lowest BCUT2D eigenvalue weighted by Crippen LogP contribution is -2.47. The summed E-state index contributed by atoms with van der Waals surface area (Å²) in [5.74, 6) is -1.17. The van der Waals surface area contributed by atoms with Gasteiger partial charge in [0.05, 0.1) is 0 Å². The van der Waals surface area contributed by atoms with Crippen LogP contribution < -0.4 is 10.6 Å². The first-order chi connectivity index (χ1) is 15.8. The zero-order valence-electron chi connectivity index (χ0n) is 22.6. The number of aliphatic carboxylic acids is 1. The van der Waals surface area contributed by atoms with E-state index in [9.17, 15) is 24.3 Å². The standard InChI is InChI=1S/C23H44N4O8/c1-21(2,3)33-18(30)24-10-12-26(13-11-25-19(31)34-22(4,5)6)14-15-27(16-17(28)29)20(32)35-23(7,8)9/h10-16H2,1-9H3,(H,24,30)(H,25,31)(H,28,29). The third-order valence-electron chi connectivity index (χ3n) is 3.86. The monoisotopic (exact) mass is 504 g/mol. The third kappa shape index (κ3) is 19.3. The van der Waals surface area contributed by atoms with E-state index in [0.717, 1.165) is 4.90 Å². The Morgan fingerprint density at radius 2 is 1.06 bits per heavy atom. The smallest absolute Gasteiger partial charge is 0.410 e. The first-order valence-corrected chi connectivity index (χ1v) is 11.6. The first kappa shape index (κ1) is 32.2. The molecular formula is C23H44N4O8. The lowest BCUT2D eigenvalue weighted by atomic mass is 10.2. The van der Waals surface area contributed by atoms with Crippen molar-refractivity contribution in [1.82, 2.24) is 20.4 Å². The van der Waals surface area contributed by atoms with Gasteiger partial charge < -0.3 is 30.0 Å². The number of hydrogen-bond acceptors (Lipinski definition) is 8. The van der Waals surface area contributed by atoms with E-state index in [1.165, 1.54) is 0 Å². The summed E-state index contributed by atoms with van der Waals surface area (Å²) in [6.07, 6.45) is -1.87. The van der Waals surface area contributed by atoms with Gasteiger partial charge in [0.15, 0.2) is 0 Å². The second kappa shape index (κ2) is 14.0. The molecule has 0 aliphatic heterocycles. The molecule has 0 aromatic rings. The molecule has 0 aromatic heterocycles. The van der Waals surface area contributed by atoms with Crippen molar-refractivity contribution in [3.8, 4) is 0 Å². The Bertz CT molecular complexity index is 674. The van der Waals surface area contributed by atoms with Gasteiger partial charge >= 0.3 is 24.2 Å². The fourth-order valence-corrected chi connectivity index (χ4v) is 2.58. The van der Waals surface area contributed by atoms with Gasteiger partial charge in [-0.25, -0.2) is 14.4 Å². The minimum absolute atomic E-state index is 0.0695. The van der Waals surface area contributed by atoms with Gasteiger partial charge in [-0.3, -0.25) is 14.6 Å². The predicted octanol–water partition coefficient (Wildman–Crippen LogP) is 2.66. The zero-order valence-corrected chi connectivity index (χ0v) is 22.6. The van der Waals surface area contributed by atoms with Crippen LogP contribution in [0.4, 0.5) is 14.4 Å². The van der Waals surface area contributed by atoms with Crippen molar-refractivity contribution in [2.45, 2.75) is 79.1 Å². The summed E-state index contributed by atoms with van der Waals surface area (Å²) in [5, 5.41) is 14.5. The van der Waals surface area contributed by atoms with E-state index in [1.807, 2.05) is 4.90 Å². The van der Waals surface area contributed by atoms with Crippen molar-refractivity contribution in [2.75, 3.05) is 45.8 Å². The topological polar surface area (TPSA) is 147 Å². The number of hydrogen-bond donors (Lipinski definition) is 3. The van der Waals surface area contributed by atoms with Crippen LogP contribution in [-0.4, -0.2) is 102 Å². The van der Waals surface area contributed by atoms with Gasteiger partial charge in [-0.05, 0) is 62.3 Å². The Balaban J connectivity index is 5.09. The Hall–Kier alpha value is -2.76. The van der Waals surface area contributed by atoms with E-state index < -0.39 is 47.6 Å². The molecule has 0 fully saturated rings. The number of amides is 3. The summed E-state index contributed by atoms with van der Waals surface area (Å²) in [4.78, 5) is 50.5. The average molecular weight is 505 g/mol. The molecule has 0 aliphatic rings. The van der Waals surface area contributed by atoms with E-state index in [2.05, 4.69) is 10.6 Å². The molecule has 0 radical (unpaired) electrons. The lowest BCUT2D eigenvalue weighted by Gasteiger charge is -2.29. The second-order valence-corrected chi connectivity index (χ2v) is 11.0.